The second kappa shape index (κ2) is 9.17. The summed E-state index contributed by atoms with van der Waals surface area (Å²) in [5.74, 6) is -2.58. The number of amides is 1. The van der Waals surface area contributed by atoms with Crippen molar-refractivity contribution in [2.75, 3.05) is 11.5 Å². The van der Waals surface area contributed by atoms with Crippen LogP contribution in [0.4, 0.5) is 5.13 Å². The average Bonchev–Trinajstić information content (AvgIpc) is 3.31. The van der Waals surface area contributed by atoms with E-state index in [0.29, 0.717) is 21.8 Å². The van der Waals surface area contributed by atoms with Gasteiger partial charge in [-0.05, 0) is 31.5 Å². The number of aliphatic hydroxyl groups is 1. The van der Waals surface area contributed by atoms with E-state index in [2.05, 4.69) is 4.98 Å². The van der Waals surface area contributed by atoms with Gasteiger partial charge in [-0.1, -0.05) is 65.4 Å². The Balaban J connectivity index is 1.92. The molecular weight excluding hydrogens is 464 g/mol. The number of aromatic nitrogens is 1. The van der Waals surface area contributed by atoms with E-state index in [9.17, 15) is 19.5 Å². The van der Waals surface area contributed by atoms with E-state index in [1.54, 1.807) is 68.4 Å². The summed E-state index contributed by atoms with van der Waals surface area (Å²) in [5, 5.41) is 11.6. The molecule has 9 heteroatoms. The van der Waals surface area contributed by atoms with Gasteiger partial charge in [-0.15, -0.1) is 0 Å². The van der Waals surface area contributed by atoms with Crippen LogP contribution in [-0.4, -0.2) is 34.4 Å². The molecule has 2 aromatic carbocycles. The number of hydrogen-bond donors (Lipinski definition) is 1. The zero-order valence-electron chi connectivity index (χ0n) is 17.7. The molecule has 168 valence electrons. The number of aliphatic hydroxyl groups excluding tert-OH is 1. The number of rotatable bonds is 5. The molecule has 0 aliphatic carbocycles. The van der Waals surface area contributed by atoms with Crippen molar-refractivity contribution in [2.45, 2.75) is 19.9 Å². The van der Waals surface area contributed by atoms with Gasteiger partial charge in [0.15, 0.2) is 5.13 Å². The number of anilines is 1. The standard InChI is InChI=1S/C24H19ClN2O5S/c1-3-32-23(31)21-13(2)26-24(33-21)27-18(15-10-7-11-16(25)12-15)17(20(29)22(27)30)19(28)14-8-5-4-6-9-14/h4-12,18,28H,3H2,1-2H3. The minimum atomic E-state index is -0.982. The molecule has 0 bridgehead atoms. The Hall–Kier alpha value is -3.49. The predicted molar refractivity (Wildman–Crippen MR) is 125 cm³/mol. The van der Waals surface area contributed by atoms with Crippen molar-refractivity contribution in [1.29, 1.82) is 0 Å². The molecule has 1 aromatic heterocycles. The van der Waals surface area contributed by atoms with Gasteiger partial charge in [-0.3, -0.25) is 14.5 Å². The summed E-state index contributed by atoms with van der Waals surface area (Å²) in [6.45, 7) is 3.51. The molecule has 1 amide bonds. The first-order valence-electron chi connectivity index (χ1n) is 10.1. The van der Waals surface area contributed by atoms with Crippen LogP contribution in [0.5, 0.6) is 0 Å². The molecule has 0 radical (unpaired) electrons. The summed E-state index contributed by atoms with van der Waals surface area (Å²) in [6, 6.07) is 14.2. The lowest BCUT2D eigenvalue weighted by Gasteiger charge is -2.23. The van der Waals surface area contributed by atoms with Gasteiger partial charge in [0, 0.05) is 10.6 Å². The van der Waals surface area contributed by atoms with Crippen LogP contribution in [0.2, 0.25) is 5.02 Å². The monoisotopic (exact) mass is 482 g/mol. The number of benzene rings is 2. The molecule has 2 heterocycles. The van der Waals surface area contributed by atoms with Crippen molar-refractivity contribution in [3.8, 4) is 0 Å². The van der Waals surface area contributed by atoms with Crippen LogP contribution in [0.3, 0.4) is 0 Å². The Morgan fingerprint density at radius 1 is 1.18 bits per heavy atom. The van der Waals surface area contributed by atoms with Crippen LogP contribution >= 0.6 is 22.9 Å². The zero-order valence-corrected chi connectivity index (χ0v) is 19.3. The fourth-order valence-corrected chi connectivity index (χ4v) is 4.83. The van der Waals surface area contributed by atoms with Gasteiger partial charge in [0.05, 0.1) is 23.9 Å². The number of thiazole rings is 1. The first kappa shape index (κ1) is 22.7. The van der Waals surface area contributed by atoms with Gasteiger partial charge in [0.2, 0.25) is 0 Å². The molecule has 1 fully saturated rings. The fraction of sp³-hybridized carbons (Fsp3) is 0.167. The molecule has 4 rings (SSSR count). The number of Topliss-reactive ketones (excluding diaryl/α,β-unsaturated/α-hetero) is 1. The predicted octanol–water partition coefficient (Wildman–Crippen LogP) is 4.91. The number of halogens is 1. The van der Waals surface area contributed by atoms with Crippen molar-refractivity contribution in [1.82, 2.24) is 4.98 Å². The SMILES string of the molecule is CCOC(=O)c1sc(N2C(=O)C(=O)C(=C(O)c3ccccc3)C2c2cccc(Cl)c2)nc1C. The molecule has 7 nitrogen and oxygen atoms in total. The van der Waals surface area contributed by atoms with E-state index in [1.165, 1.54) is 4.90 Å². The molecule has 1 atom stereocenters. The lowest BCUT2D eigenvalue weighted by molar-refractivity contribution is -0.132. The van der Waals surface area contributed by atoms with Crippen LogP contribution in [-0.2, 0) is 14.3 Å². The van der Waals surface area contributed by atoms with E-state index in [4.69, 9.17) is 16.3 Å². The molecular formula is C24H19ClN2O5S. The quantitative estimate of drug-likeness (QED) is 0.240. The lowest BCUT2D eigenvalue weighted by atomic mass is 9.95. The van der Waals surface area contributed by atoms with Crippen LogP contribution in [0, 0.1) is 6.92 Å². The van der Waals surface area contributed by atoms with E-state index in [1.807, 2.05) is 0 Å². The van der Waals surface area contributed by atoms with Crippen molar-refractivity contribution < 1.29 is 24.2 Å². The van der Waals surface area contributed by atoms with Gasteiger partial charge >= 0.3 is 11.9 Å². The van der Waals surface area contributed by atoms with Crippen molar-refractivity contribution in [2.24, 2.45) is 0 Å². The molecule has 1 N–H and O–H groups in total. The highest BCUT2D eigenvalue weighted by Gasteiger charge is 2.48. The third-order valence-electron chi connectivity index (χ3n) is 5.11. The van der Waals surface area contributed by atoms with Crippen LogP contribution in [0.15, 0.2) is 60.2 Å². The Morgan fingerprint density at radius 3 is 2.58 bits per heavy atom. The summed E-state index contributed by atoms with van der Waals surface area (Å²) in [5.41, 5.74) is 1.21. The summed E-state index contributed by atoms with van der Waals surface area (Å²) < 4.78 is 5.07. The van der Waals surface area contributed by atoms with Crippen LogP contribution in [0.25, 0.3) is 5.76 Å². The highest BCUT2D eigenvalue weighted by Crippen LogP contribution is 2.44. The lowest BCUT2D eigenvalue weighted by Crippen LogP contribution is -2.29. The highest BCUT2D eigenvalue weighted by atomic mass is 35.5. The fourth-order valence-electron chi connectivity index (χ4n) is 3.64. The van der Waals surface area contributed by atoms with Crippen molar-refractivity contribution in [3.05, 3.63) is 86.9 Å². The number of nitrogens with zero attached hydrogens (tertiary/aromatic N) is 2. The smallest absolute Gasteiger partial charge is 0.350 e. The number of ketones is 1. The second-order valence-corrected chi connectivity index (χ2v) is 8.64. The summed E-state index contributed by atoms with van der Waals surface area (Å²) in [6.07, 6.45) is 0. The number of esters is 1. The van der Waals surface area contributed by atoms with Crippen molar-refractivity contribution >= 4 is 51.5 Å². The third kappa shape index (κ3) is 4.15. The zero-order chi connectivity index (χ0) is 23.7. The number of carbonyl (C=O) groups excluding carboxylic acids is 3. The van der Waals surface area contributed by atoms with E-state index < -0.39 is 23.7 Å². The summed E-state index contributed by atoms with van der Waals surface area (Å²) >= 11 is 7.15. The number of ether oxygens (including phenoxy) is 1. The Kier molecular flexibility index (Phi) is 6.31. The van der Waals surface area contributed by atoms with Gasteiger partial charge in [0.1, 0.15) is 10.6 Å². The van der Waals surface area contributed by atoms with Crippen LogP contribution < -0.4 is 4.90 Å². The Labute approximate surface area is 198 Å². The van der Waals surface area contributed by atoms with E-state index in [-0.39, 0.29) is 27.9 Å². The summed E-state index contributed by atoms with van der Waals surface area (Å²) in [4.78, 5) is 44.4. The maximum absolute atomic E-state index is 13.2. The minimum absolute atomic E-state index is 0.0843. The molecule has 1 aliphatic heterocycles. The van der Waals surface area contributed by atoms with Crippen molar-refractivity contribution in [3.63, 3.8) is 0 Å². The number of carbonyl (C=O) groups is 3. The molecule has 0 saturated carbocycles. The Morgan fingerprint density at radius 2 is 1.91 bits per heavy atom. The van der Waals surface area contributed by atoms with E-state index >= 15 is 0 Å². The first-order valence-corrected chi connectivity index (χ1v) is 11.3. The molecule has 33 heavy (non-hydrogen) atoms. The molecule has 0 spiro atoms. The van der Waals surface area contributed by atoms with E-state index in [0.717, 1.165) is 11.3 Å². The van der Waals surface area contributed by atoms with Gasteiger partial charge < -0.3 is 9.84 Å². The molecule has 1 saturated heterocycles. The largest absolute Gasteiger partial charge is 0.507 e. The maximum Gasteiger partial charge on any atom is 0.350 e. The molecule has 1 unspecified atom stereocenters. The molecule has 1 aliphatic rings. The average molecular weight is 483 g/mol. The van der Waals surface area contributed by atoms with Gasteiger partial charge in [-0.25, -0.2) is 9.78 Å². The second-order valence-electron chi connectivity index (χ2n) is 7.22. The van der Waals surface area contributed by atoms with Crippen LogP contribution in [0.1, 0.15) is 39.5 Å². The highest BCUT2D eigenvalue weighted by molar-refractivity contribution is 7.17. The normalized spacial score (nSPS) is 17.4. The minimum Gasteiger partial charge on any atom is -0.507 e. The summed E-state index contributed by atoms with van der Waals surface area (Å²) in [7, 11) is 0. The topological polar surface area (TPSA) is 96.8 Å². The Bertz CT molecular complexity index is 1290. The third-order valence-corrected chi connectivity index (χ3v) is 6.48. The first-order chi connectivity index (χ1) is 15.8. The number of hydrogen-bond acceptors (Lipinski definition) is 7. The van der Waals surface area contributed by atoms with Gasteiger partial charge in [-0.2, -0.15) is 0 Å². The maximum atomic E-state index is 13.2. The molecule has 3 aromatic rings. The number of aryl methyl sites for hydroxylation is 1. The van der Waals surface area contributed by atoms with Gasteiger partial charge in [0.25, 0.3) is 5.78 Å².